The smallest absolute Gasteiger partial charge is 0.357 e. The molecule has 0 N–H and O–H groups in total. The molecule has 0 fully saturated rings. The Kier molecular flexibility index (Phi) is 8.28. The Morgan fingerprint density at radius 2 is 1.24 bits per heavy atom. The van der Waals surface area contributed by atoms with E-state index >= 15 is 0 Å². The molecule has 0 aliphatic rings. The highest BCUT2D eigenvalue weighted by Gasteiger charge is 2.18. The SMILES string of the molecule is Cc1ccc([I+]c2ccc(C(C)(C)C)cc2)cc1.O=S(=O)([O-])c1ccc(Cl)cc1. The van der Waals surface area contributed by atoms with Gasteiger partial charge in [0.25, 0.3) is 0 Å². The molecule has 29 heavy (non-hydrogen) atoms. The van der Waals surface area contributed by atoms with Gasteiger partial charge >= 0.3 is 21.2 Å². The van der Waals surface area contributed by atoms with Gasteiger partial charge in [0.2, 0.25) is 0 Å². The molecule has 0 saturated carbocycles. The predicted molar refractivity (Wildman–Crippen MR) is 113 cm³/mol. The zero-order valence-corrected chi connectivity index (χ0v) is 20.5. The van der Waals surface area contributed by atoms with Crippen molar-refractivity contribution in [2.75, 3.05) is 0 Å². The molecule has 0 amide bonds. The summed E-state index contributed by atoms with van der Waals surface area (Å²) in [7, 11) is -4.33. The van der Waals surface area contributed by atoms with Crippen LogP contribution in [0.1, 0.15) is 31.9 Å². The molecule has 0 heterocycles. The van der Waals surface area contributed by atoms with Crippen molar-refractivity contribution in [3.8, 4) is 0 Å². The number of hydrogen-bond acceptors (Lipinski definition) is 3. The predicted octanol–water partition coefficient (Wildman–Crippen LogP) is 2.67. The maximum Gasteiger partial charge on any atom is 0.357 e. The van der Waals surface area contributed by atoms with Gasteiger partial charge in [0.1, 0.15) is 10.1 Å². The lowest BCUT2D eigenvalue weighted by Crippen LogP contribution is -3.61. The number of hydrogen-bond donors (Lipinski definition) is 0. The Morgan fingerprint density at radius 1 is 0.793 bits per heavy atom. The molecule has 0 unspecified atom stereocenters. The molecular formula is C23H24ClIO3S. The largest absolute Gasteiger partial charge is 0.744 e. The van der Waals surface area contributed by atoms with Gasteiger partial charge in [-0.2, -0.15) is 0 Å². The topological polar surface area (TPSA) is 57.2 Å². The van der Waals surface area contributed by atoms with Crippen LogP contribution in [0.2, 0.25) is 5.02 Å². The van der Waals surface area contributed by atoms with Gasteiger partial charge in [-0.3, -0.25) is 0 Å². The molecule has 154 valence electrons. The molecule has 0 radical (unpaired) electrons. The van der Waals surface area contributed by atoms with E-state index in [0.29, 0.717) is 5.02 Å². The minimum atomic E-state index is -4.33. The van der Waals surface area contributed by atoms with E-state index < -0.39 is 10.1 Å². The van der Waals surface area contributed by atoms with Gasteiger partial charge in [-0.15, -0.1) is 0 Å². The second kappa shape index (κ2) is 10.1. The average Bonchev–Trinajstić information content (AvgIpc) is 2.63. The Labute approximate surface area is 189 Å². The van der Waals surface area contributed by atoms with Crippen molar-refractivity contribution in [2.24, 2.45) is 0 Å². The highest BCUT2D eigenvalue weighted by Crippen LogP contribution is 2.20. The summed E-state index contributed by atoms with van der Waals surface area (Å²) in [5, 5.41) is 0.400. The Morgan fingerprint density at radius 3 is 1.66 bits per heavy atom. The summed E-state index contributed by atoms with van der Waals surface area (Å²) in [6.45, 7) is 8.92. The fourth-order valence-electron chi connectivity index (χ4n) is 2.34. The van der Waals surface area contributed by atoms with Crippen molar-refractivity contribution < 1.29 is 34.2 Å². The number of aryl methyl sites for hydroxylation is 1. The third-order valence-corrected chi connectivity index (χ3v) is 7.83. The Balaban J connectivity index is 0.000000234. The molecule has 0 bridgehead atoms. The van der Waals surface area contributed by atoms with E-state index in [1.54, 1.807) is 0 Å². The molecule has 0 saturated heterocycles. The average molecular weight is 543 g/mol. The molecule has 3 nitrogen and oxygen atoms in total. The Hall–Kier alpha value is -1.41. The van der Waals surface area contributed by atoms with Crippen molar-refractivity contribution in [1.82, 2.24) is 0 Å². The summed E-state index contributed by atoms with van der Waals surface area (Å²) < 4.78 is 34.0. The zero-order valence-electron chi connectivity index (χ0n) is 16.8. The van der Waals surface area contributed by atoms with E-state index in [-0.39, 0.29) is 31.5 Å². The summed E-state index contributed by atoms with van der Waals surface area (Å²) in [5.41, 5.74) is 3.01. The van der Waals surface area contributed by atoms with E-state index in [1.165, 1.54) is 42.5 Å². The van der Waals surface area contributed by atoms with Crippen LogP contribution in [-0.4, -0.2) is 13.0 Å². The molecule has 0 aromatic heterocycles. The van der Waals surface area contributed by atoms with Crippen LogP contribution in [0, 0.1) is 14.1 Å². The lowest BCUT2D eigenvalue weighted by atomic mass is 9.87. The monoisotopic (exact) mass is 542 g/mol. The third-order valence-electron chi connectivity index (χ3n) is 4.04. The Bertz CT molecular complexity index is 1020. The van der Waals surface area contributed by atoms with Gasteiger partial charge < -0.3 is 4.55 Å². The van der Waals surface area contributed by atoms with Crippen molar-refractivity contribution >= 4 is 21.7 Å². The van der Waals surface area contributed by atoms with E-state index in [1.807, 2.05) is 0 Å². The van der Waals surface area contributed by atoms with E-state index in [4.69, 9.17) is 11.6 Å². The van der Waals surface area contributed by atoms with Crippen LogP contribution in [0.4, 0.5) is 0 Å². The van der Waals surface area contributed by atoms with Crippen molar-refractivity contribution in [3.05, 3.63) is 96.1 Å². The fraction of sp³-hybridized carbons (Fsp3) is 0.217. The normalized spacial score (nSPS) is 11.5. The minimum Gasteiger partial charge on any atom is -0.744 e. The lowest BCUT2D eigenvalue weighted by Gasteiger charge is -2.18. The van der Waals surface area contributed by atoms with Gasteiger partial charge in [-0.25, -0.2) is 8.42 Å². The molecule has 0 spiro atoms. The van der Waals surface area contributed by atoms with Crippen molar-refractivity contribution in [3.63, 3.8) is 0 Å². The van der Waals surface area contributed by atoms with Gasteiger partial charge in [-0.05, 0) is 66.4 Å². The van der Waals surface area contributed by atoms with E-state index in [2.05, 4.69) is 76.2 Å². The quantitative estimate of drug-likeness (QED) is 0.378. The highest BCUT2D eigenvalue weighted by molar-refractivity contribution is 7.85. The first-order valence-corrected chi connectivity index (χ1v) is 12.9. The number of benzene rings is 3. The van der Waals surface area contributed by atoms with Crippen LogP contribution in [-0.2, 0) is 15.5 Å². The van der Waals surface area contributed by atoms with Crippen LogP contribution in [0.25, 0.3) is 0 Å². The van der Waals surface area contributed by atoms with Gasteiger partial charge in [-0.1, -0.05) is 62.2 Å². The second-order valence-corrected chi connectivity index (χ2v) is 12.4. The highest BCUT2D eigenvalue weighted by atomic mass is 127. The molecule has 3 aromatic rings. The van der Waals surface area contributed by atoms with Crippen LogP contribution in [0.3, 0.4) is 0 Å². The van der Waals surface area contributed by atoms with Crippen LogP contribution in [0.15, 0.2) is 77.7 Å². The van der Waals surface area contributed by atoms with Gasteiger partial charge in [0.15, 0.2) is 7.14 Å². The summed E-state index contributed by atoms with van der Waals surface area (Å²) >= 11 is 5.43. The van der Waals surface area contributed by atoms with E-state index in [9.17, 15) is 13.0 Å². The molecule has 0 aliphatic heterocycles. The standard InChI is InChI=1S/C17H20I.C6H5ClO3S/c1-13-5-9-15(10-6-13)18-16-11-7-14(8-12-16)17(2,3)4;7-5-1-3-6(4-2-5)11(8,9)10/h5-12H,1-4H3;1-4H,(H,8,9,10)/q+1;/p-1. The molecule has 3 aromatic carbocycles. The van der Waals surface area contributed by atoms with Crippen molar-refractivity contribution in [1.29, 1.82) is 0 Å². The molecule has 6 heteroatoms. The number of rotatable bonds is 3. The summed E-state index contributed by atoms with van der Waals surface area (Å²) in [6, 6.07) is 23.2. The summed E-state index contributed by atoms with van der Waals surface area (Å²) in [4.78, 5) is -0.262. The van der Waals surface area contributed by atoms with Gasteiger partial charge in [0, 0.05) is 5.02 Å². The molecular weight excluding hydrogens is 519 g/mol. The first-order valence-electron chi connectivity index (χ1n) is 8.99. The fourth-order valence-corrected chi connectivity index (χ4v) is 5.09. The summed E-state index contributed by atoms with van der Waals surface area (Å²) in [6.07, 6.45) is 0. The third kappa shape index (κ3) is 8.09. The van der Waals surface area contributed by atoms with Crippen molar-refractivity contribution in [2.45, 2.75) is 38.0 Å². The van der Waals surface area contributed by atoms with Crippen LogP contribution >= 0.6 is 11.6 Å². The number of halogens is 2. The molecule has 0 aliphatic carbocycles. The molecule has 3 rings (SSSR count). The first kappa shape index (κ1) is 23.9. The van der Waals surface area contributed by atoms with Crippen LogP contribution < -0.4 is 21.2 Å². The minimum absolute atomic E-state index is 0.0336. The summed E-state index contributed by atoms with van der Waals surface area (Å²) in [5.74, 6) is 0. The molecule has 0 atom stereocenters. The lowest BCUT2D eigenvalue weighted by molar-refractivity contribution is -0.597. The van der Waals surface area contributed by atoms with Crippen LogP contribution in [0.5, 0.6) is 0 Å². The second-order valence-electron chi connectivity index (χ2n) is 7.55. The van der Waals surface area contributed by atoms with Gasteiger partial charge in [0.05, 0.1) is 4.90 Å². The first-order chi connectivity index (χ1) is 13.4. The van der Waals surface area contributed by atoms with E-state index in [0.717, 1.165) is 0 Å². The maximum atomic E-state index is 10.3. The maximum absolute atomic E-state index is 10.3. The zero-order chi connectivity index (χ0) is 21.7.